The van der Waals surface area contributed by atoms with Crippen molar-refractivity contribution in [3.63, 3.8) is 0 Å². The van der Waals surface area contributed by atoms with Gasteiger partial charge in [0, 0.05) is 0 Å². The Balaban J connectivity index is 2.35. The summed E-state index contributed by atoms with van der Waals surface area (Å²) in [6.07, 6.45) is 0. The van der Waals surface area contributed by atoms with Crippen LogP contribution in [0.1, 0.15) is 10.4 Å². The van der Waals surface area contributed by atoms with Crippen LogP contribution in [0.5, 0.6) is 17.2 Å². The fourth-order valence-corrected chi connectivity index (χ4v) is 1.49. The van der Waals surface area contributed by atoms with Crippen LogP contribution >= 0.6 is 0 Å². The number of rotatable bonds is 3. The Labute approximate surface area is 104 Å². The summed E-state index contributed by atoms with van der Waals surface area (Å²) < 4.78 is 10.2. The quantitative estimate of drug-likeness (QED) is 0.843. The molecule has 0 aliphatic heterocycles. The number of carbonyl (C=O) groups excluding carboxylic acids is 1. The van der Waals surface area contributed by atoms with Crippen molar-refractivity contribution in [3.05, 3.63) is 54.1 Å². The van der Waals surface area contributed by atoms with Gasteiger partial charge in [-0.3, -0.25) is 0 Å². The molecule has 0 aliphatic rings. The van der Waals surface area contributed by atoms with E-state index < -0.39 is 5.97 Å². The van der Waals surface area contributed by atoms with Crippen molar-refractivity contribution in [2.24, 2.45) is 0 Å². The van der Waals surface area contributed by atoms with Crippen molar-refractivity contribution in [2.45, 2.75) is 0 Å². The zero-order valence-electron chi connectivity index (χ0n) is 9.79. The molecule has 18 heavy (non-hydrogen) atoms. The van der Waals surface area contributed by atoms with Crippen molar-refractivity contribution in [3.8, 4) is 17.2 Å². The molecule has 2 aromatic rings. The number of phenolic OH excluding ortho intramolecular Hbond substituents is 1. The number of esters is 1. The topological polar surface area (TPSA) is 55.8 Å². The van der Waals surface area contributed by atoms with E-state index in [9.17, 15) is 9.90 Å². The average molecular weight is 244 g/mol. The normalized spacial score (nSPS) is 9.83. The molecule has 4 heteroatoms. The lowest BCUT2D eigenvalue weighted by Gasteiger charge is -2.10. The van der Waals surface area contributed by atoms with Gasteiger partial charge in [-0.2, -0.15) is 0 Å². The summed E-state index contributed by atoms with van der Waals surface area (Å²) in [5, 5.41) is 9.38. The van der Waals surface area contributed by atoms with Gasteiger partial charge < -0.3 is 14.6 Å². The van der Waals surface area contributed by atoms with Gasteiger partial charge in [0.1, 0.15) is 22.8 Å². The Bertz CT molecular complexity index is 549. The highest BCUT2D eigenvalue weighted by Gasteiger charge is 2.14. The maximum Gasteiger partial charge on any atom is 0.341 e. The fourth-order valence-electron chi connectivity index (χ4n) is 1.49. The zero-order chi connectivity index (χ0) is 13.0. The maximum atomic E-state index is 11.6. The van der Waals surface area contributed by atoms with Crippen molar-refractivity contribution in [2.75, 3.05) is 7.11 Å². The minimum Gasteiger partial charge on any atom is -0.508 e. The fraction of sp³-hybridized carbons (Fsp3) is 0.0714. The molecular weight excluding hydrogens is 232 g/mol. The first-order valence-electron chi connectivity index (χ1n) is 5.35. The summed E-state index contributed by atoms with van der Waals surface area (Å²) in [6, 6.07) is 13.3. The molecule has 0 atom stereocenters. The molecule has 0 saturated carbocycles. The Kier molecular flexibility index (Phi) is 3.48. The van der Waals surface area contributed by atoms with E-state index in [-0.39, 0.29) is 11.3 Å². The van der Waals surface area contributed by atoms with Crippen LogP contribution in [0.2, 0.25) is 0 Å². The molecule has 0 aliphatic carbocycles. The highest BCUT2D eigenvalue weighted by molar-refractivity contribution is 5.93. The van der Waals surface area contributed by atoms with Gasteiger partial charge in [-0.25, -0.2) is 4.79 Å². The predicted octanol–water partition coefficient (Wildman–Crippen LogP) is 2.97. The third-order valence-electron chi connectivity index (χ3n) is 2.34. The third kappa shape index (κ3) is 2.60. The van der Waals surface area contributed by atoms with E-state index in [1.165, 1.54) is 25.3 Å². The van der Waals surface area contributed by atoms with Crippen molar-refractivity contribution in [1.29, 1.82) is 0 Å². The van der Waals surface area contributed by atoms with Crippen LogP contribution in [0, 0.1) is 0 Å². The highest BCUT2D eigenvalue weighted by atomic mass is 16.5. The molecule has 0 unspecified atom stereocenters. The van der Waals surface area contributed by atoms with Crippen LogP contribution in [0.25, 0.3) is 0 Å². The van der Waals surface area contributed by atoms with E-state index in [1.807, 2.05) is 18.2 Å². The van der Waals surface area contributed by atoms with E-state index in [2.05, 4.69) is 4.74 Å². The smallest absolute Gasteiger partial charge is 0.341 e. The molecule has 2 rings (SSSR count). The molecule has 0 saturated heterocycles. The second kappa shape index (κ2) is 5.23. The summed E-state index contributed by atoms with van der Waals surface area (Å²) in [7, 11) is 1.28. The van der Waals surface area contributed by atoms with E-state index in [1.54, 1.807) is 12.1 Å². The van der Waals surface area contributed by atoms with Crippen LogP contribution in [0.4, 0.5) is 0 Å². The van der Waals surface area contributed by atoms with Crippen molar-refractivity contribution >= 4 is 5.97 Å². The van der Waals surface area contributed by atoms with Gasteiger partial charge in [0.05, 0.1) is 7.11 Å². The van der Waals surface area contributed by atoms with Crippen LogP contribution in [0.3, 0.4) is 0 Å². The molecule has 92 valence electrons. The summed E-state index contributed by atoms with van der Waals surface area (Å²) in [5.74, 6) is 0.367. The predicted molar refractivity (Wildman–Crippen MR) is 66.0 cm³/mol. The van der Waals surface area contributed by atoms with Crippen LogP contribution in [-0.2, 0) is 4.74 Å². The van der Waals surface area contributed by atoms with Crippen molar-refractivity contribution < 1.29 is 19.4 Å². The molecule has 0 heterocycles. The van der Waals surface area contributed by atoms with Crippen LogP contribution < -0.4 is 4.74 Å². The number of hydrogen-bond donors (Lipinski definition) is 1. The molecule has 0 aromatic heterocycles. The first-order chi connectivity index (χ1) is 8.70. The van der Waals surface area contributed by atoms with E-state index in [0.717, 1.165) is 0 Å². The summed E-state index contributed by atoms with van der Waals surface area (Å²) in [5.41, 5.74) is 0.182. The molecule has 0 radical (unpaired) electrons. The lowest BCUT2D eigenvalue weighted by molar-refractivity contribution is 0.0597. The lowest BCUT2D eigenvalue weighted by atomic mass is 10.2. The van der Waals surface area contributed by atoms with Crippen molar-refractivity contribution in [1.82, 2.24) is 0 Å². The second-order valence-electron chi connectivity index (χ2n) is 3.59. The minimum absolute atomic E-state index is 0.0178. The molecule has 4 nitrogen and oxygen atoms in total. The van der Waals surface area contributed by atoms with Gasteiger partial charge in [-0.05, 0) is 30.3 Å². The largest absolute Gasteiger partial charge is 0.508 e. The number of para-hydroxylation sites is 1. The molecule has 0 spiro atoms. The number of methoxy groups -OCH3 is 1. The van der Waals surface area contributed by atoms with E-state index in [0.29, 0.717) is 11.5 Å². The van der Waals surface area contributed by atoms with E-state index in [4.69, 9.17) is 4.74 Å². The summed E-state index contributed by atoms with van der Waals surface area (Å²) in [6.45, 7) is 0. The summed E-state index contributed by atoms with van der Waals surface area (Å²) in [4.78, 5) is 11.6. The van der Waals surface area contributed by atoms with Gasteiger partial charge in [0.2, 0.25) is 0 Å². The number of carbonyl (C=O) groups is 1. The lowest BCUT2D eigenvalue weighted by Crippen LogP contribution is -2.03. The van der Waals surface area contributed by atoms with Gasteiger partial charge in [0.15, 0.2) is 0 Å². The first-order valence-corrected chi connectivity index (χ1v) is 5.35. The SMILES string of the molecule is COC(=O)c1cc(O)ccc1Oc1ccccc1. The van der Waals surface area contributed by atoms with Gasteiger partial charge in [0.25, 0.3) is 0 Å². The van der Waals surface area contributed by atoms with Gasteiger partial charge >= 0.3 is 5.97 Å². The number of benzene rings is 2. The number of ether oxygens (including phenoxy) is 2. The molecule has 2 aromatic carbocycles. The number of aromatic hydroxyl groups is 1. The Morgan fingerprint density at radius 2 is 1.83 bits per heavy atom. The maximum absolute atomic E-state index is 11.6. The summed E-state index contributed by atoms with van der Waals surface area (Å²) >= 11 is 0. The second-order valence-corrected chi connectivity index (χ2v) is 3.59. The first kappa shape index (κ1) is 12.0. The minimum atomic E-state index is -0.558. The standard InChI is InChI=1S/C14H12O4/c1-17-14(16)12-9-10(15)7-8-13(12)18-11-5-3-2-4-6-11/h2-9,15H,1H3. The number of hydrogen-bond acceptors (Lipinski definition) is 4. The van der Waals surface area contributed by atoms with E-state index >= 15 is 0 Å². The zero-order valence-corrected chi connectivity index (χ0v) is 9.79. The van der Waals surface area contributed by atoms with Crippen LogP contribution in [0.15, 0.2) is 48.5 Å². The molecular formula is C14H12O4. The third-order valence-corrected chi connectivity index (χ3v) is 2.34. The Morgan fingerprint density at radius 1 is 1.11 bits per heavy atom. The molecule has 0 bridgehead atoms. The molecule has 0 amide bonds. The average Bonchev–Trinajstić information content (AvgIpc) is 2.41. The van der Waals surface area contributed by atoms with Gasteiger partial charge in [-0.15, -0.1) is 0 Å². The Hall–Kier alpha value is -2.49. The Morgan fingerprint density at radius 3 is 2.50 bits per heavy atom. The highest BCUT2D eigenvalue weighted by Crippen LogP contribution is 2.28. The number of phenols is 1. The molecule has 1 N–H and O–H groups in total. The molecule has 0 fully saturated rings. The van der Waals surface area contributed by atoms with Crippen LogP contribution in [-0.4, -0.2) is 18.2 Å². The van der Waals surface area contributed by atoms with Gasteiger partial charge in [-0.1, -0.05) is 18.2 Å². The monoisotopic (exact) mass is 244 g/mol.